The standard InChI is InChI=1S/C10H8N4O2S/c11-9-5-6-12-10(13-9)17-8-4-2-1-3-7(8)14(15)16/h1-6H,(H2,11,12,13). The van der Waals surface area contributed by atoms with Gasteiger partial charge in [0.05, 0.1) is 9.82 Å². The molecule has 0 amide bonds. The molecule has 0 spiro atoms. The van der Waals surface area contributed by atoms with Crippen molar-refractivity contribution in [3.05, 3.63) is 46.6 Å². The summed E-state index contributed by atoms with van der Waals surface area (Å²) >= 11 is 1.11. The van der Waals surface area contributed by atoms with E-state index in [0.717, 1.165) is 11.8 Å². The molecule has 0 aliphatic heterocycles. The molecule has 0 unspecified atom stereocenters. The Morgan fingerprint density at radius 2 is 2.06 bits per heavy atom. The monoisotopic (exact) mass is 248 g/mol. The summed E-state index contributed by atoms with van der Waals surface area (Å²) in [4.78, 5) is 18.8. The third-order valence-electron chi connectivity index (χ3n) is 1.92. The quantitative estimate of drug-likeness (QED) is 0.508. The van der Waals surface area contributed by atoms with Crippen LogP contribution in [0.4, 0.5) is 11.5 Å². The Kier molecular flexibility index (Phi) is 3.20. The number of benzene rings is 1. The number of aromatic nitrogens is 2. The first kappa shape index (κ1) is 11.3. The van der Waals surface area contributed by atoms with Crippen LogP contribution < -0.4 is 5.73 Å². The molecule has 0 fully saturated rings. The van der Waals surface area contributed by atoms with Gasteiger partial charge >= 0.3 is 0 Å². The molecular weight excluding hydrogens is 240 g/mol. The molecule has 0 bridgehead atoms. The summed E-state index contributed by atoms with van der Waals surface area (Å²) in [5.41, 5.74) is 5.54. The minimum atomic E-state index is -0.436. The normalized spacial score (nSPS) is 10.1. The molecule has 0 saturated carbocycles. The zero-order valence-electron chi connectivity index (χ0n) is 8.61. The second kappa shape index (κ2) is 4.79. The molecule has 0 aliphatic rings. The van der Waals surface area contributed by atoms with Crippen LogP contribution in [0.1, 0.15) is 0 Å². The van der Waals surface area contributed by atoms with E-state index >= 15 is 0 Å². The maximum atomic E-state index is 10.8. The van der Waals surface area contributed by atoms with Crippen molar-refractivity contribution in [3.63, 3.8) is 0 Å². The van der Waals surface area contributed by atoms with E-state index in [1.165, 1.54) is 12.3 Å². The van der Waals surface area contributed by atoms with Crippen molar-refractivity contribution in [3.8, 4) is 0 Å². The predicted molar refractivity (Wildman–Crippen MR) is 63.7 cm³/mol. The Bertz CT molecular complexity index is 562. The highest BCUT2D eigenvalue weighted by atomic mass is 32.2. The van der Waals surface area contributed by atoms with Gasteiger partial charge in [-0.2, -0.15) is 0 Å². The molecule has 0 atom stereocenters. The Hall–Kier alpha value is -2.15. The predicted octanol–water partition coefficient (Wildman–Crippen LogP) is 2.12. The molecule has 1 aromatic heterocycles. The van der Waals surface area contributed by atoms with Gasteiger partial charge in [-0.3, -0.25) is 10.1 Å². The summed E-state index contributed by atoms with van der Waals surface area (Å²) in [6, 6.07) is 7.98. The minimum absolute atomic E-state index is 0.0310. The Morgan fingerprint density at radius 3 is 2.76 bits per heavy atom. The van der Waals surface area contributed by atoms with Crippen LogP contribution in [0, 0.1) is 10.1 Å². The number of anilines is 1. The fourth-order valence-electron chi connectivity index (χ4n) is 1.20. The molecule has 2 rings (SSSR count). The zero-order chi connectivity index (χ0) is 12.3. The molecule has 0 aliphatic carbocycles. The molecule has 86 valence electrons. The van der Waals surface area contributed by atoms with E-state index in [4.69, 9.17) is 5.73 Å². The Labute approximate surface area is 101 Å². The number of hydrogen-bond acceptors (Lipinski definition) is 6. The van der Waals surface area contributed by atoms with Crippen LogP contribution in [0.2, 0.25) is 0 Å². The molecule has 1 aromatic carbocycles. The number of nitrogens with two attached hydrogens (primary N) is 1. The molecule has 2 N–H and O–H groups in total. The second-order valence-corrected chi connectivity index (χ2v) is 4.10. The number of nitrogens with zero attached hydrogens (tertiary/aromatic N) is 3. The highest BCUT2D eigenvalue weighted by Gasteiger charge is 2.14. The van der Waals surface area contributed by atoms with Gasteiger partial charge in [-0.1, -0.05) is 12.1 Å². The van der Waals surface area contributed by atoms with Gasteiger partial charge in [0.1, 0.15) is 5.82 Å². The number of nitro groups is 1. The van der Waals surface area contributed by atoms with Crippen molar-refractivity contribution in [1.29, 1.82) is 0 Å². The Morgan fingerprint density at radius 1 is 1.29 bits per heavy atom. The van der Waals surface area contributed by atoms with Crippen molar-refractivity contribution >= 4 is 23.3 Å². The molecule has 17 heavy (non-hydrogen) atoms. The first-order valence-electron chi connectivity index (χ1n) is 4.66. The van der Waals surface area contributed by atoms with E-state index in [2.05, 4.69) is 9.97 Å². The molecule has 2 aromatic rings. The molecule has 0 radical (unpaired) electrons. The molecule has 0 saturated heterocycles. The largest absolute Gasteiger partial charge is 0.384 e. The van der Waals surface area contributed by atoms with Crippen molar-refractivity contribution in [1.82, 2.24) is 9.97 Å². The Balaban J connectivity index is 2.33. The lowest BCUT2D eigenvalue weighted by atomic mass is 10.3. The van der Waals surface area contributed by atoms with E-state index in [-0.39, 0.29) is 5.69 Å². The summed E-state index contributed by atoms with van der Waals surface area (Å²) in [7, 11) is 0. The lowest BCUT2D eigenvalue weighted by Crippen LogP contribution is -1.94. The zero-order valence-corrected chi connectivity index (χ0v) is 9.42. The molecule has 6 nitrogen and oxygen atoms in total. The van der Waals surface area contributed by atoms with Crippen molar-refractivity contribution in [2.75, 3.05) is 5.73 Å². The summed E-state index contributed by atoms with van der Waals surface area (Å²) in [6.45, 7) is 0. The van der Waals surface area contributed by atoms with Gasteiger partial charge < -0.3 is 5.73 Å². The first-order valence-corrected chi connectivity index (χ1v) is 5.48. The van der Waals surface area contributed by atoms with E-state index in [1.54, 1.807) is 24.3 Å². The maximum absolute atomic E-state index is 10.8. The van der Waals surface area contributed by atoms with Crippen LogP contribution in [0.25, 0.3) is 0 Å². The lowest BCUT2D eigenvalue weighted by Gasteiger charge is -2.01. The molecule has 7 heteroatoms. The van der Waals surface area contributed by atoms with Gasteiger partial charge in [-0.05, 0) is 23.9 Å². The number of hydrogen-bond donors (Lipinski definition) is 1. The van der Waals surface area contributed by atoms with Crippen molar-refractivity contribution in [2.45, 2.75) is 10.1 Å². The topological polar surface area (TPSA) is 94.9 Å². The van der Waals surface area contributed by atoms with Gasteiger partial charge in [-0.25, -0.2) is 9.97 Å². The SMILES string of the molecule is Nc1ccnc(Sc2ccccc2[N+](=O)[O-])n1. The number of nitro benzene ring substituents is 1. The average molecular weight is 248 g/mol. The van der Waals surface area contributed by atoms with Gasteiger partial charge in [0, 0.05) is 12.3 Å². The summed E-state index contributed by atoms with van der Waals surface area (Å²) < 4.78 is 0. The van der Waals surface area contributed by atoms with Crippen LogP contribution in [0.15, 0.2) is 46.6 Å². The second-order valence-electron chi connectivity index (χ2n) is 3.09. The third kappa shape index (κ3) is 2.70. The van der Waals surface area contributed by atoms with Crippen molar-refractivity contribution in [2.24, 2.45) is 0 Å². The van der Waals surface area contributed by atoms with Crippen LogP contribution in [-0.4, -0.2) is 14.9 Å². The van der Waals surface area contributed by atoms with Gasteiger partial charge in [-0.15, -0.1) is 0 Å². The fraction of sp³-hybridized carbons (Fsp3) is 0. The average Bonchev–Trinajstić information content (AvgIpc) is 2.29. The highest BCUT2D eigenvalue weighted by molar-refractivity contribution is 7.99. The van der Waals surface area contributed by atoms with Gasteiger partial charge in [0.2, 0.25) is 0 Å². The smallest absolute Gasteiger partial charge is 0.283 e. The summed E-state index contributed by atoms with van der Waals surface area (Å²) in [6.07, 6.45) is 1.51. The van der Waals surface area contributed by atoms with Crippen LogP contribution in [-0.2, 0) is 0 Å². The van der Waals surface area contributed by atoms with Gasteiger partial charge in [0.25, 0.3) is 5.69 Å². The van der Waals surface area contributed by atoms with Gasteiger partial charge in [0.15, 0.2) is 5.16 Å². The minimum Gasteiger partial charge on any atom is -0.384 e. The maximum Gasteiger partial charge on any atom is 0.283 e. The number of nitrogen functional groups attached to an aromatic ring is 1. The fourth-order valence-corrected chi connectivity index (χ4v) is 2.05. The number of rotatable bonds is 3. The first-order chi connectivity index (χ1) is 8.16. The lowest BCUT2D eigenvalue weighted by molar-refractivity contribution is -0.387. The third-order valence-corrected chi connectivity index (χ3v) is 2.86. The highest BCUT2D eigenvalue weighted by Crippen LogP contribution is 2.32. The van der Waals surface area contributed by atoms with Crippen LogP contribution in [0.5, 0.6) is 0 Å². The van der Waals surface area contributed by atoms with E-state index in [9.17, 15) is 10.1 Å². The summed E-state index contributed by atoms with van der Waals surface area (Å²) in [5, 5.41) is 11.2. The number of para-hydroxylation sites is 1. The molecular formula is C10H8N4O2S. The van der Waals surface area contributed by atoms with Crippen LogP contribution in [0.3, 0.4) is 0 Å². The van der Waals surface area contributed by atoms with E-state index in [1.807, 2.05) is 0 Å². The van der Waals surface area contributed by atoms with Crippen LogP contribution >= 0.6 is 11.8 Å². The van der Waals surface area contributed by atoms with E-state index < -0.39 is 4.92 Å². The summed E-state index contributed by atoms with van der Waals surface area (Å²) in [5.74, 6) is 0.334. The van der Waals surface area contributed by atoms with Crippen molar-refractivity contribution < 1.29 is 4.92 Å². The molecule has 1 heterocycles. The van der Waals surface area contributed by atoms with E-state index in [0.29, 0.717) is 15.9 Å².